The van der Waals surface area contributed by atoms with Crippen molar-refractivity contribution in [3.8, 4) is 0 Å². The van der Waals surface area contributed by atoms with E-state index in [0.717, 1.165) is 18.5 Å². The number of halogens is 4. The van der Waals surface area contributed by atoms with E-state index in [2.05, 4.69) is 15.0 Å². The van der Waals surface area contributed by atoms with E-state index < -0.39 is 48.0 Å². The number of amidine groups is 1. The number of rotatable bonds is 6. The first-order valence-electron chi connectivity index (χ1n) is 9.92. The molecule has 0 amide bonds. The van der Waals surface area contributed by atoms with Crippen LogP contribution >= 0.6 is 0 Å². The Bertz CT molecular complexity index is 1030. The van der Waals surface area contributed by atoms with Crippen molar-refractivity contribution in [3.63, 3.8) is 0 Å². The third kappa shape index (κ3) is 4.04. The number of alkyl halides is 3. The van der Waals surface area contributed by atoms with E-state index in [1.54, 1.807) is 0 Å². The Balaban J connectivity index is 1.66. The van der Waals surface area contributed by atoms with Gasteiger partial charge in [-0.2, -0.15) is 0 Å². The first kappa shape index (κ1) is 22.1. The molecule has 170 valence electrons. The van der Waals surface area contributed by atoms with Gasteiger partial charge in [0.1, 0.15) is 35.5 Å². The van der Waals surface area contributed by atoms with Gasteiger partial charge in [0, 0.05) is 18.4 Å². The fourth-order valence-corrected chi connectivity index (χ4v) is 4.11. The largest absolute Gasteiger partial charge is 0.462 e. The Morgan fingerprint density at radius 1 is 1.28 bits per heavy atom. The molecule has 1 fully saturated rings. The smallest absolute Gasteiger partial charge is 0.283 e. The number of carbonyl (C=O) groups is 1. The summed E-state index contributed by atoms with van der Waals surface area (Å²) in [6.07, 6.45) is -1.26. The number of aliphatic imine (C=N–C) groups is 1. The maximum Gasteiger partial charge on any atom is 0.283 e. The molecule has 32 heavy (non-hydrogen) atoms. The number of nitrogens with zero attached hydrogens (tertiary/aromatic N) is 3. The molecule has 4 rings (SSSR count). The highest BCUT2D eigenvalue weighted by atomic mass is 19.3. The summed E-state index contributed by atoms with van der Waals surface area (Å²) >= 11 is 0. The zero-order chi connectivity index (χ0) is 22.9. The number of Topliss-reactive ketones (excluding diaryl/α,β-unsaturated/α-hetero) is 1. The highest BCUT2D eigenvalue weighted by Crippen LogP contribution is 2.44. The molecule has 2 aliphatic rings. The van der Waals surface area contributed by atoms with Crippen LogP contribution in [-0.2, 0) is 21.4 Å². The van der Waals surface area contributed by atoms with Crippen LogP contribution < -0.4 is 5.73 Å². The Labute approximate surface area is 180 Å². The molecule has 3 heterocycles. The molecule has 2 N–H and O–H groups in total. The Morgan fingerprint density at radius 3 is 2.78 bits per heavy atom. The molecular formula is C21H20F4N4O3. The summed E-state index contributed by atoms with van der Waals surface area (Å²) in [4.78, 5) is 23.9. The third-order valence-electron chi connectivity index (χ3n) is 5.73. The fraction of sp³-hybridized carbons (Fsp3) is 0.429. The number of fused-ring (bicyclic) bond motifs is 1. The highest BCUT2D eigenvalue weighted by Gasteiger charge is 2.51. The minimum atomic E-state index is -2.80. The predicted molar refractivity (Wildman–Crippen MR) is 104 cm³/mol. The second-order valence-electron chi connectivity index (χ2n) is 7.68. The van der Waals surface area contributed by atoms with Crippen molar-refractivity contribution >= 4 is 11.8 Å². The summed E-state index contributed by atoms with van der Waals surface area (Å²) in [6, 6.07) is 3.63. The molecule has 0 saturated carbocycles. The van der Waals surface area contributed by atoms with Gasteiger partial charge in [-0.3, -0.25) is 9.78 Å². The first-order valence-corrected chi connectivity index (χ1v) is 9.92. The van der Waals surface area contributed by atoms with Gasteiger partial charge in [-0.25, -0.2) is 27.5 Å². The molecule has 1 saturated heterocycles. The SMILES string of the molecule is NC1=N[C@](CF)(c2cc(CC(=O)c3cnc(C(F)F)cn3)ccc2F)[C@H]2COCC[C@H]2O1. The predicted octanol–water partition coefficient (Wildman–Crippen LogP) is 2.89. The van der Waals surface area contributed by atoms with Crippen molar-refractivity contribution in [2.24, 2.45) is 16.6 Å². The van der Waals surface area contributed by atoms with Gasteiger partial charge in [-0.05, 0) is 17.7 Å². The van der Waals surface area contributed by atoms with Gasteiger partial charge in [-0.15, -0.1) is 0 Å². The quantitative estimate of drug-likeness (QED) is 0.535. The van der Waals surface area contributed by atoms with Crippen molar-refractivity contribution in [1.82, 2.24) is 9.97 Å². The lowest BCUT2D eigenvalue weighted by Crippen LogP contribution is -2.54. The first-order chi connectivity index (χ1) is 15.3. The standard InChI is InChI=1S/C21H20F4N4O3/c22-10-21(13-9-31-4-3-18(13)32-20(26)29-21)12-5-11(1-2-14(12)23)6-17(30)15-7-28-16(8-27-15)19(24)25/h1-2,5,7-8,13,18-19H,3-4,6,9-10H2,(H2,26,29)/t13-,18+,21+/m0/s1. The number of hydrogen-bond acceptors (Lipinski definition) is 7. The van der Waals surface area contributed by atoms with Crippen LogP contribution in [0, 0.1) is 11.7 Å². The molecule has 2 aromatic rings. The van der Waals surface area contributed by atoms with Gasteiger partial charge in [-0.1, -0.05) is 6.07 Å². The highest BCUT2D eigenvalue weighted by molar-refractivity contribution is 5.95. The molecule has 0 aliphatic carbocycles. The third-order valence-corrected chi connectivity index (χ3v) is 5.73. The normalized spacial score (nSPS) is 25.1. The van der Waals surface area contributed by atoms with Crippen LogP contribution in [0.15, 0.2) is 35.6 Å². The Hall–Kier alpha value is -3.08. The minimum absolute atomic E-state index is 0.0591. The number of ketones is 1. The molecule has 1 aromatic heterocycles. The molecule has 0 unspecified atom stereocenters. The molecule has 7 nitrogen and oxygen atoms in total. The van der Waals surface area contributed by atoms with Crippen LogP contribution in [-0.4, -0.2) is 47.8 Å². The van der Waals surface area contributed by atoms with Gasteiger partial charge in [0.2, 0.25) is 0 Å². The Morgan fingerprint density at radius 2 is 2.09 bits per heavy atom. The van der Waals surface area contributed by atoms with E-state index >= 15 is 0 Å². The lowest BCUT2D eigenvalue weighted by atomic mass is 9.74. The summed E-state index contributed by atoms with van der Waals surface area (Å²) in [7, 11) is 0. The number of nitrogens with two attached hydrogens (primary N) is 1. The van der Waals surface area contributed by atoms with Crippen molar-refractivity contribution in [3.05, 3.63) is 58.9 Å². The summed E-state index contributed by atoms with van der Waals surface area (Å²) in [5.41, 5.74) is 3.77. The monoisotopic (exact) mass is 452 g/mol. The Kier molecular flexibility index (Phi) is 6.09. The summed E-state index contributed by atoms with van der Waals surface area (Å²) in [5, 5.41) is 0. The van der Waals surface area contributed by atoms with Gasteiger partial charge < -0.3 is 15.2 Å². The molecular weight excluding hydrogens is 432 g/mol. The van der Waals surface area contributed by atoms with Crippen molar-refractivity contribution < 1.29 is 31.8 Å². The number of aromatic nitrogens is 2. The zero-order valence-electron chi connectivity index (χ0n) is 16.8. The topological polar surface area (TPSA) is 99.7 Å². The van der Waals surface area contributed by atoms with Crippen molar-refractivity contribution in [2.75, 3.05) is 19.9 Å². The van der Waals surface area contributed by atoms with Crippen LogP contribution in [0.1, 0.15) is 40.2 Å². The molecule has 0 spiro atoms. The van der Waals surface area contributed by atoms with Gasteiger partial charge in [0.25, 0.3) is 12.4 Å². The van der Waals surface area contributed by atoms with E-state index in [4.69, 9.17) is 15.2 Å². The maximum atomic E-state index is 14.9. The fourth-order valence-electron chi connectivity index (χ4n) is 4.11. The summed E-state index contributed by atoms with van der Waals surface area (Å²) in [5.74, 6) is -1.83. The molecule has 0 bridgehead atoms. The zero-order valence-corrected chi connectivity index (χ0v) is 16.8. The maximum absolute atomic E-state index is 14.9. The van der Waals surface area contributed by atoms with Gasteiger partial charge >= 0.3 is 0 Å². The van der Waals surface area contributed by atoms with Gasteiger partial charge in [0.05, 0.1) is 31.5 Å². The van der Waals surface area contributed by atoms with E-state index in [-0.39, 0.29) is 30.3 Å². The average molecular weight is 452 g/mol. The molecule has 11 heteroatoms. The van der Waals surface area contributed by atoms with Crippen LogP contribution in [0.3, 0.4) is 0 Å². The number of benzene rings is 1. The van der Waals surface area contributed by atoms with Crippen LogP contribution in [0.25, 0.3) is 0 Å². The molecule has 0 radical (unpaired) electrons. The minimum Gasteiger partial charge on any atom is -0.462 e. The van der Waals surface area contributed by atoms with E-state index in [0.29, 0.717) is 18.6 Å². The van der Waals surface area contributed by atoms with Crippen molar-refractivity contribution in [2.45, 2.75) is 30.9 Å². The number of hydrogen-bond donors (Lipinski definition) is 1. The summed E-state index contributed by atoms with van der Waals surface area (Å²) in [6.45, 7) is -0.532. The van der Waals surface area contributed by atoms with E-state index in [1.807, 2.05) is 0 Å². The molecule has 1 aromatic carbocycles. The lowest BCUT2D eigenvalue weighted by molar-refractivity contribution is -0.0785. The van der Waals surface area contributed by atoms with Crippen molar-refractivity contribution in [1.29, 1.82) is 0 Å². The van der Waals surface area contributed by atoms with Crippen LogP contribution in [0.5, 0.6) is 0 Å². The second kappa shape index (κ2) is 8.81. The number of ether oxygens (including phenoxy) is 2. The van der Waals surface area contributed by atoms with E-state index in [9.17, 15) is 22.4 Å². The van der Waals surface area contributed by atoms with E-state index in [1.165, 1.54) is 12.1 Å². The molecule has 2 aliphatic heterocycles. The van der Waals surface area contributed by atoms with Crippen LogP contribution in [0.4, 0.5) is 17.6 Å². The van der Waals surface area contributed by atoms with Gasteiger partial charge in [0.15, 0.2) is 5.78 Å². The lowest BCUT2D eigenvalue weighted by Gasteiger charge is -2.45. The summed E-state index contributed by atoms with van der Waals surface area (Å²) < 4.78 is 65.7. The second-order valence-corrected chi connectivity index (χ2v) is 7.68. The average Bonchev–Trinajstić information content (AvgIpc) is 2.79. The number of carbonyl (C=O) groups excluding carboxylic acids is 1. The van der Waals surface area contributed by atoms with Crippen LogP contribution in [0.2, 0.25) is 0 Å². The molecule has 3 atom stereocenters.